The Morgan fingerprint density at radius 1 is 1.04 bits per heavy atom. The lowest BCUT2D eigenvalue weighted by Crippen LogP contribution is -2.32. The summed E-state index contributed by atoms with van der Waals surface area (Å²) < 4.78 is 5.93. The van der Waals surface area contributed by atoms with Crippen LogP contribution in [0.3, 0.4) is 0 Å². The first kappa shape index (κ1) is 17.1. The van der Waals surface area contributed by atoms with Crippen molar-refractivity contribution < 1.29 is 9.53 Å². The van der Waals surface area contributed by atoms with Crippen molar-refractivity contribution in [1.29, 1.82) is 0 Å². The number of rotatable bonds is 5. The molecule has 0 unspecified atom stereocenters. The van der Waals surface area contributed by atoms with E-state index in [9.17, 15) is 4.79 Å². The number of nitrogens with one attached hydrogen (secondary N) is 1. The Bertz CT molecular complexity index is 666. The average Bonchev–Trinajstić information content (AvgIpc) is 2.47. The molecule has 1 amide bonds. The Balaban J connectivity index is 2.15. The first-order chi connectivity index (χ1) is 10.9. The van der Waals surface area contributed by atoms with Gasteiger partial charge in [0.25, 0.3) is 5.91 Å². The third kappa shape index (κ3) is 4.35. The molecule has 0 radical (unpaired) electrons. The molecule has 1 N–H and O–H groups in total. The molecule has 0 heterocycles. The van der Waals surface area contributed by atoms with E-state index in [0.29, 0.717) is 6.42 Å². The van der Waals surface area contributed by atoms with Gasteiger partial charge in [-0.15, -0.1) is 0 Å². The van der Waals surface area contributed by atoms with Gasteiger partial charge in [-0.05, 0) is 68.5 Å². The van der Waals surface area contributed by atoms with Gasteiger partial charge in [-0.1, -0.05) is 31.2 Å². The molecular weight excluding hydrogens is 286 g/mol. The van der Waals surface area contributed by atoms with E-state index >= 15 is 0 Å². The van der Waals surface area contributed by atoms with Crippen LogP contribution in [0.25, 0.3) is 0 Å². The Morgan fingerprint density at radius 2 is 1.61 bits per heavy atom. The zero-order chi connectivity index (χ0) is 17.0. The van der Waals surface area contributed by atoms with Crippen molar-refractivity contribution in [2.75, 3.05) is 5.32 Å². The summed E-state index contributed by atoms with van der Waals surface area (Å²) in [5.74, 6) is 0.634. The Hall–Kier alpha value is -2.29. The zero-order valence-electron chi connectivity index (χ0n) is 14.6. The van der Waals surface area contributed by atoms with Crippen LogP contribution in [-0.2, 0) is 4.79 Å². The molecular formula is C20H25NO2. The summed E-state index contributed by atoms with van der Waals surface area (Å²) in [4.78, 5) is 12.6. The SMILES string of the molecule is CC[C@@H](Oc1cc(C)cc(C)c1)C(=O)Nc1c(C)cccc1C. The lowest BCUT2D eigenvalue weighted by molar-refractivity contribution is -0.122. The molecule has 0 saturated carbocycles. The first-order valence-corrected chi connectivity index (χ1v) is 8.02. The largest absolute Gasteiger partial charge is 0.481 e. The summed E-state index contributed by atoms with van der Waals surface area (Å²) in [6.45, 7) is 10.00. The van der Waals surface area contributed by atoms with E-state index in [1.807, 2.05) is 65.0 Å². The summed E-state index contributed by atoms with van der Waals surface area (Å²) in [6, 6.07) is 12.0. The highest BCUT2D eigenvalue weighted by atomic mass is 16.5. The molecule has 0 aromatic heterocycles. The number of hydrogen-bond donors (Lipinski definition) is 1. The number of carbonyl (C=O) groups is 1. The van der Waals surface area contributed by atoms with Crippen LogP contribution in [0.2, 0.25) is 0 Å². The predicted molar refractivity (Wildman–Crippen MR) is 95.2 cm³/mol. The monoisotopic (exact) mass is 311 g/mol. The van der Waals surface area contributed by atoms with Crippen molar-refractivity contribution in [3.05, 3.63) is 58.7 Å². The molecule has 0 bridgehead atoms. The summed E-state index contributed by atoms with van der Waals surface area (Å²) in [6.07, 6.45) is 0.110. The van der Waals surface area contributed by atoms with E-state index in [-0.39, 0.29) is 5.91 Å². The maximum atomic E-state index is 12.6. The summed E-state index contributed by atoms with van der Waals surface area (Å²) >= 11 is 0. The molecule has 0 aliphatic rings. The number of anilines is 1. The van der Waals surface area contributed by atoms with Gasteiger partial charge in [-0.2, -0.15) is 0 Å². The van der Waals surface area contributed by atoms with Crippen molar-refractivity contribution in [2.24, 2.45) is 0 Å². The molecule has 122 valence electrons. The fourth-order valence-electron chi connectivity index (χ4n) is 2.70. The van der Waals surface area contributed by atoms with E-state index in [1.165, 1.54) is 0 Å². The predicted octanol–water partition coefficient (Wildman–Crippen LogP) is 4.72. The molecule has 0 aliphatic carbocycles. The van der Waals surface area contributed by atoms with Gasteiger partial charge in [0.15, 0.2) is 6.10 Å². The van der Waals surface area contributed by atoms with Crippen molar-refractivity contribution >= 4 is 11.6 Å². The number of ether oxygens (including phenoxy) is 1. The lowest BCUT2D eigenvalue weighted by Gasteiger charge is -2.19. The van der Waals surface area contributed by atoms with Crippen LogP contribution in [0, 0.1) is 27.7 Å². The second-order valence-corrected chi connectivity index (χ2v) is 6.09. The summed E-state index contributed by atoms with van der Waals surface area (Å²) in [5.41, 5.74) is 5.24. The van der Waals surface area contributed by atoms with Gasteiger partial charge in [0.05, 0.1) is 0 Å². The number of hydrogen-bond acceptors (Lipinski definition) is 2. The fourth-order valence-corrected chi connectivity index (χ4v) is 2.70. The molecule has 1 atom stereocenters. The highest BCUT2D eigenvalue weighted by Gasteiger charge is 2.20. The number of benzene rings is 2. The summed E-state index contributed by atoms with van der Waals surface area (Å²) in [7, 11) is 0. The van der Waals surface area contributed by atoms with E-state index in [0.717, 1.165) is 33.7 Å². The minimum atomic E-state index is -0.504. The van der Waals surface area contributed by atoms with Crippen molar-refractivity contribution in [3.63, 3.8) is 0 Å². The molecule has 2 aromatic carbocycles. The standard InChI is InChI=1S/C20H25NO2/c1-6-18(23-17-11-13(2)10-14(3)12-17)20(22)21-19-15(4)8-7-9-16(19)5/h7-12,18H,6H2,1-5H3,(H,21,22)/t18-/m1/s1. The highest BCUT2D eigenvalue weighted by Crippen LogP contribution is 2.22. The third-order valence-electron chi connectivity index (χ3n) is 3.87. The van der Waals surface area contributed by atoms with Gasteiger partial charge in [0, 0.05) is 5.69 Å². The van der Waals surface area contributed by atoms with Gasteiger partial charge in [0.1, 0.15) is 5.75 Å². The molecule has 0 fully saturated rings. The van der Waals surface area contributed by atoms with E-state index < -0.39 is 6.10 Å². The van der Waals surface area contributed by atoms with Gasteiger partial charge >= 0.3 is 0 Å². The zero-order valence-corrected chi connectivity index (χ0v) is 14.6. The second-order valence-electron chi connectivity index (χ2n) is 6.09. The van der Waals surface area contributed by atoms with Gasteiger partial charge < -0.3 is 10.1 Å². The Kier molecular flexibility index (Phi) is 5.43. The van der Waals surface area contributed by atoms with Gasteiger partial charge in [-0.3, -0.25) is 4.79 Å². The second kappa shape index (κ2) is 7.32. The highest BCUT2D eigenvalue weighted by molar-refractivity contribution is 5.95. The average molecular weight is 311 g/mol. The minimum absolute atomic E-state index is 0.107. The number of amides is 1. The van der Waals surface area contributed by atoms with Crippen LogP contribution in [0.5, 0.6) is 5.75 Å². The smallest absolute Gasteiger partial charge is 0.265 e. The molecule has 2 aromatic rings. The van der Waals surface area contributed by atoms with Crippen LogP contribution < -0.4 is 10.1 Å². The Morgan fingerprint density at radius 3 is 2.13 bits per heavy atom. The number of para-hydroxylation sites is 1. The molecule has 2 rings (SSSR count). The topological polar surface area (TPSA) is 38.3 Å². The van der Waals surface area contributed by atoms with Gasteiger partial charge in [-0.25, -0.2) is 0 Å². The fraction of sp³-hybridized carbons (Fsp3) is 0.350. The van der Waals surface area contributed by atoms with Crippen LogP contribution in [-0.4, -0.2) is 12.0 Å². The maximum absolute atomic E-state index is 12.6. The van der Waals surface area contributed by atoms with E-state index in [1.54, 1.807) is 0 Å². The van der Waals surface area contributed by atoms with Crippen LogP contribution in [0.15, 0.2) is 36.4 Å². The normalized spacial score (nSPS) is 11.9. The van der Waals surface area contributed by atoms with Crippen LogP contribution >= 0.6 is 0 Å². The van der Waals surface area contributed by atoms with Crippen LogP contribution in [0.4, 0.5) is 5.69 Å². The molecule has 23 heavy (non-hydrogen) atoms. The maximum Gasteiger partial charge on any atom is 0.265 e. The Labute approximate surface area is 138 Å². The van der Waals surface area contributed by atoms with Crippen molar-refractivity contribution in [1.82, 2.24) is 0 Å². The first-order valence-electron chi connectivity index (χ1n) is 8.02. The van der Waals surface area contributed by atoms with Crippen LogP contribution in [0.1, 0.15) is 35.6 Å². The number of carbonyl (C=O) groups excluding carboxylic acids is 1. The van der Waals surface area contributed by atoms with Gasteiger partial charge in [0.2, 0.25) is 0 Å². The van der Waals surface area contributed by atoms with Crippen molar-refractivity contribution in [2.45, 2.75) is 47.1 Å². The minimum Gasteiger partial charge on any atom is -0.481 e. The number of aryl methyl sites for hydroxylation is 4. The molecule has 0 saturated heterocycles. The quantitative estimate of drug-likeness (QED) is 0.868. The molecule has 0 aliphatic heterocycles. The lowest BCUT2D eigenvalue weighted by atomic mass is 10.1. The molecule has 0 spiro atoms. The third-order valence-corrected chi connectivity index (χ3v) is 3.87. The molecule has 3 heteroatoms. The molecule has 3 nitrogen and oxygen atoms in total. The van der Waals surface area contributed by atoms with E-state index in [4.69, 9.17) is 4.74 Å². The van der Waals surface area contributed by atoms with Crippen molar-refractivity contribution in [3.8, 4) is 5.75 Å². The summed E-state index contributed by atoms with van der Waals surface area (Å²) in [5, 5.41) is 3.02. The van der Waals surface area contributed by atoms with E-state index in [2.05, 4.69) is 11.4 Å².